The van der Waals surface area contributed by atoms with E-state index in [0.717, 1.165) is 25.3 Å². The number of anilines is 1. The van der Waals surface area contributed by atoms with Crippen LogP contribution in [0.3, 0.4) is 0 Å². The zero-order valence-corrected chi connectivity index (χ0v) is 17.5. The summed E-state index contributed by atoms with van der Waals surface area (Å²) < 4.78 is 16.6. The van der Waals surface area contributed by atoms with Crippen molar-refractivity contribution in [2.75, 3.05) is 31.1 Å². The average Bonchev–Trinajstić information content (AvgIpc) is 2.79. The van der Waals surface area contributed by atoms with E-state index in [1.807, 2.05) is 16.7 Å². The minimum atomic E-state index is -1.33. The number of aromatic nitrogens is 1. The van der Waals surface area contributed by atoms with Crippen LogP contribution < -0.4 is 10.3 Å². The zero-order valence-electron chi connectivity index (χ0n) is 17.5. The molecule has 0 radical (unpaired) electrons. The number of hydrogen-bond acceptors (Lipinski definition) is 4. The molecule has 2 aliphatic rings. The van der Waals surface area contributed by atoms with Crippen LogP contribution in [0.15, 0.2) is 35.3 Å². The van der Waals surface area contributed by atoms with Gasteiger partial charge in [0.2, 0.25) is 11.3 Å². The van der Waals surface area contributed by atoms with Crippen molar-refractivity contribution in [3.05, 3.63) is 52.1 Å². The Balaban J connectivity index is 1.59. The molecule has 1 aliphatic heterocycles. The summed E-state index contributed by atoms with van der Waals surface area (Å²) in [6.07, 6.45) is 8.08. The molecule has 0 unspecified atom stereocenters. The van der Waals surface area contributed by atoms with Crippen LogP contribution in [-0.2, 0) is 11.3 Å². The van der Waals surface area contributed by atoms with E-state index in [1.165, 1.54) is 6.20 Å². The number of pyridine rings is 1. The number of halogens is 1. The van der Waals surface area contributed by atoms with Crippen molar-refractivity contribution in [2.24, 2.45) is 5.92 Å². The van der Waals surface area contributed by atoms with E-state index in [9.17, 15) is 23.9 Å². The maximum absolute atomic E-state index is 15.0. The largest absolute Gasteiger partial charge is 0.477 e. The standard InChI is InChI=1S/C23H26FN3O4/c1-2-25-14-17(23(30)31)21(28)16-12-18(24)20(13-19(16)25)26-8-10-27(11-9-26)22(29)15-6-4-3-5-7-15/h3-4,12-15H,2,5-11H2,1H3,(H,30,31)/t15-/m0/s1. The van der Waals surface area contributed by atoms with Crippen molar-refractivity contribution < 1.29 is 19.1 Å². The third-order valence-corrected chi connectivity index (χ3v) is 6.27. The highest BCUT2D eigenvalue weighted by Crippen LogP contribution is 2.27. The Bertz CT molecular complexity index is 1120. The summed E-state index contributed by atoms with van der Waals surface area (Å²) in [4.78, 5) is 40.4. The van der Waals surface area contributed by atoms with Gasteiger partial charge in [-0.1, -0.05) is 12.2 Å². The number of rotatable bonds is 4. The quantitative estimate of drug-likeness (QED) is 0.759. The highest BCUT2D eigenvalue weighted by Gasteiger charge is 2.28. The zero-order chi connectivity index (χ0) is 22.1. The molecule has 1 fully saturated rings. The topological polar surface area (TPSA) is 82.8 Å². The third-order valence-electron chi connectivity index (χ3n) is 6.27. The predicted octanol–water partition coefficient (Wildman–Crippen LogP) is 2.86. The second kappa shape index (κ2) is 8.53. The molecule has 7 nitrogen and oxygen atoms in total. The highest BCUT2D eigenvalue weighted by molar-refractivity contribution is 5.93. The summed E-state index contributed by atoms with van der Waals surface area (Å²) in [5.41, 5.74) is -0.188. The number of nitrogens with zero attached hydrogens (tertiary/aromatic N) is 3. The molecule has 0 saturated carbocycles. The van der Waals surface area contributed by atoms with E-state index in [1.54, 1.807) is 10.6 Å². The van der Waals surface area contributed by atoms with E-state index in [-0.39, 0.29) is 22.8 Å². The Morgan fingerprint density at radius 1 is 1.16 bits per heavy atom. The van der Waals surface area contributed by atoms with Gasteiger partial charge in [0.15, 0.2) is 0 Å². The molecule has 1 N–H and O–H groups in total. The Labute approximate surface area is 179 Å². The Morgan fingerprint density at radius 2 is 1.90 bits per heavy atom. The summed E-state index contributed by atoms with van der Waals surface area (Å²) in [5, 5.41) is 9.34. The Morgan fingerprint density at radius 3 is 2.52 bits per heavy atom. The Kier molecular flexibility index (Phi) is 5.80. The van der Waals surface area contributed by atoms with Gasteiger partial charge >= 0.3 is 5.97 Å². The van der Waals surface area contributed by atoms with Crippen LogP contribution in [0.4, 0.5) is 10.1 Å². The molecule has 0 bridgehead atoms. The van der Waals surface area contributed by atoms with Gasteiger partial charge in [0.25, 0.3) is 0 Å². The molecule has 2 aromatic rings. The molecule has 4 rings (SSSR count). The van der Waals surface area contributed by atoms with Crippen LogP contribution >= 0.6 is 0 Å². The molecular formula is C23H26FN3O4. The number of carbonyl (C=O) groups is 2. The second-order valence-corrected chi connectivity index (χ2v) is 8.08. The number of piperazine rings is 1. The number of fused-ring (bicyclic) bond motifs is 1. The summed E-state index contributed by atoms with van der Waals surface area (Å²) >= 11 is 0. The summed E-state index contributed by atoms with van der Waals surface area (Å²) in [6.45, 7) is 4.33. The first kappa shape index (κ1) is 21.1. The summed E-state index contributed by atoms with van der Waals surface area (Å²) in [6, 6.07) is 2.75. The molecular weight excluding hydrogens is 401 g/mol. The number of aromatic carboxylic acids is 1. The fraction of sp³-hybridized carbons (Fsp3) is 0.435. The fourth-order valence-electron chi connectivity index (χ4n) is 4.50. The van der Waals surface area contributed by atoms with Gasteiger partial charge in [-0.05, 0) is 38.3 Å². The Hall–Kier alpha value is -3.16. The molecule has 1 amide bonds. The van der Waals surface area contributed by atoms with Gasteiger partial charge in [0.05, 0.1) is 11.2 Å². The lowest BCUT2D eigenvalue weighted by atomic mass is 9.93. The molecule has 1 atom stereocenters. The van der Waals surface area contributed by atoms with E-state index in [4.69, 9.17) is 0 Å². The highest BCUT2D eigenvalue weighted by atomic mass is 19.1. The van der Waals surface area contributed by atoms with Crippen molar-refractivity contribution in [2.45, 2.75) is 32.7 Å². The first-order valence-electron chi connectivity index (χ1n) is 10.7. The molecule has 1 aliphatic carbocycles. The van der Waals surface area contributed by atoms with Crippen molar-refractivity contribution in [3.63, 3.8) is 0 Å². The number of carbonyl (C=O) groups excluding carboxylic acids is 1. The minimum Gasteiger partial charge on any atom is -0.477 e. The fourth-order valence-corrected chi connectivity index (χ4v) is 4.50. The third kappa shape index (κ3) is 3.94. The van der Waals surface area contributed by atoms with Crippen molar-refractivity contribution in [1.29, 1.82) is 0 Å². The van der Waals surface area contributed by atoms with Gasteiger partial charge in [-0.15, -0.1) is 0 Å². The van der Waals surface area contributed by atoms with Crippen LogP contribution in [0.1, 0.15) is 36.5 Å². The van der Waals surface area contributed by atoms with Gasteiger partial charge in [0, 0.05) is 50.2 Å². The number of benzene rings is 1. The average molecular weight is 427 g/mol. The number of carboxylic acid groups (broad SMARTS) is 1. The maximum Gasteiger partial charge on any atom is 0.341 e. The molecule has 31 heavy (non-hydrogen) atoms. The van der Waals surface area contributed by atoms with Gasteiger partial charge < -0.3 is 19.5 Å². The lowest BCUT2D eigenvalue weighted by Crippen LogP contribution is -2.50. The first-order chi connectivity index (χ1) is 14.9. The number of amides is 1. The van der Waals surface area contributed by atoms with Crippen molar-refractivity contribution >= 4 is 28.5 Å². The molecule has 1 aromatic carbocycles. The lowest BCUT2D eigenvalue weighted by molar-refractivity contribution is -0.136. The smallest absolute Gasteiger partial charge is 0.341 e. The first-order valence-corrected chi connectivity index (χ1v) is 10.7. The van der Waals surface area contributed by atoms with Crippen LogP contribution in [-0.4, -0.2) is 52.6 Å². The number of aryl methyl sites for hydroxylation is 1. The molecule has 1 aromatic heterocycles. The maximum atomic E-state index is 15.0. The van der Waals surface area contributed by atoms with Crippen LogP contribution in [0, 0.1) is 11.7 Å². The van der Waals surface area contributed by atoms with E-state index in [2.05, 4.69) is 12.2 Å². The van der Waals surface area contributed by atoms with Gasteiger partial charge in [-0.25, -0.2) is 9.18 Å². The van der Waals surface area contributed by atoms with Gasteiger partial charge in [-0.2, -0.15) is 0 Å². The monoisotopic (exact) mass is 427 g/mol. The molecule has 2 heterocycles. The summed E-state index contributed by atoms with van der Waals surface area (Å²) in [5.74, 6) is -1.68. The van der Waals surface area contributed by atoms with Crippen LogP contribution in [0.5, 0.6) is 0 Å². The molecule has 164 valence electrons. The van der Waals surface area contributed by atoms with Crippen molar-refractivity contribution in [1.82, 2.24) is 9.47 Å². The molecule has 0 spiro atoms. The van der Waals surface area contributed by atoms with Crippen LogP contribution in [0.2, 0.25) is 0 Å². The minimum absolute atomic E-state index is 0.0383. The normalized spacial score (nSPS) is 19.1. The predicted molar refractivity (Wildman–Crippen MR) is 116 cm³/mol. The van der Waals surface area contributed by atoms with Crippen LogP contribution in [0.25, 0.3) is 10.9 Å². The number of allylic oxidation sites excluding steroid dienone is 2. The van der Waals surface area contributed by atoms with Crippen molar-refractivity contribution in [3.8, 4) is 0 Å². The van der Waals surface area contributed by atoms with E-state index >= 15 is 0 Å². The van der Waals surface area contributed by atoms with E-state index < -0.39 is 17.2 Å². The van der Waals surface area contributed by atoms with Gasteiger partial charge in [0.1, 0.15) is 11.4 Å². The van der Waals surface area contributed by atoms with E-state index in [0.29, 0.717) is 43.9 Å². The molecule has 1 saturated heterocycles. The number of hydrogen-bond donors (Lipinski definition) is 1. The summed E-state index contributed by atoms with van der Waals surface area (Å²) in [7, 11) is 0. The second-order valence-electron chi connectivity index (χ2n) is 8.08. The lowest BCUT2D eigenvalue weighted by Gasteiger charge is -2.38. The SMILES string of the molecule is CCn1cc(C(=O)O)c(=O)c2cc(F)c(N3CCN(C(=O)[C@H]4CC=CCC4)CC3)cc21. The molecule has 8 heteroatoms. The number of carboxylic acids is 1. The van der Waals surface area contributed by atoms with Gasteiger partial charge in [-0.3, -0.25) is 9.59 Å².